The van der Waals surface area contributed by atoms with E-state index in [1.807, 2.05) is 0 Å². The van der Waals surface area contributed by atoms with Gasteiger partial charge in [0.25, 0.3) is 0 Å². The Labute approximate surface area is 86.5 Å². The van der Waals surface area contributed by atoms with E-state index in [0.717, 1.165) is 19.6 Å². The molecule has 1 aromatic carbocycles. The van der Waals surface area contributed by atoms with Gasteiger partial charge in [-0.3, -0.25) is 0 Å². The summed E-state index contributed by atoms with van der Waals surface area (Å²) in [6.45, 7) is 4.95. The Balaban J connectivity index is 2.25. The molecule has 1 atom stereocenters. The molecule has 0 bridgehead atoms. The van der Waals surface area contributed by atoms with Crippen LogP contribution in [0, 0.1) is 0 Å². The van der Waals surface area contributed by atoms with Gasteiger partial charge in [-0.05, 0) is 24.4 Å². The molecule has 0 heterocycles. The summed E-state index contributed by atoms with van der Waals surface area (Å²) in [5.74, 6) is 0.626. The van der Waals surface area contributed by atoms with Gasteiger partial charge in [-0.15, -0.1) is 0 Å². The second-order valence-corrected chi connectivity index (χ2v) is 3.64. The van der Waals surface area contributed by atoms with Crippen LogP contribution in [-0.2, 0) is 0 Å². The summed E-state index contributed by atoms with van der Waals surface area (Å²) < 4.78 is 0. The Morgan fingerprint density at radius 2 is 1.93 bits per heavy atom. The number of rotatable bonds is 6. The Hall–Kier alpha value is -0.860. The van der Waals surface area contributed by atoms with E-state index in [1.165, 1.54) is 12.0 Å². The average Bonchev–Trinajstić information content (AvgIpc) is 2.25. The second-order valence-electron chi connectivity index (χ2n) is 3.64. The van der Waals surface area contributed by atoms with Gasteiger partial charge in [0.15, 0.2) is 0 Å². The van der Waals surface area contributed by atoms with E-state index in [-0.39, 0.29) is 0 Å². The molecule has 2 heteroatoms. The van der Waals surface area contributed by atoms with E-state index in [9.17, 15) is 0 Å². The van der Waals surface area contributed by atoms with E-state index in [1.54, 1.807) is 0 Å². The van der Waals surface area contributed by atoms with E-state index >= 15 is 0 Å². The highest BCUT2D eigenvalue weighted by Gasteiger charge is 2.03. The third-order valence-electron chi connectivity index (χ3n) is 2.44. The molecule has 0 amide bonds. The third kappa shape index (κ3) is 3.90. The highest BCUT2D eigenvalue weighted by molar-refractivity contribution is 5.18. The summed E-state index contributed by atoms with van der Waals surface area (Å²) >= 11 is 0. The fourth-order valence-electron chi connectivity index (χ4n) is 1.49. The zero-order valence-corrected chi connectivity index (χ0v) is 8.87. The van der Waals surface area contributed by atoms with Gasteiger partial charge in [-0.1, -0.05) is 37.3 Å². The second kappa shape index (κ2) is 6.57. The van der Waals surface area contributed by atoms with Crippen LogP contribution >= 0.6 is 0 Å². The molecule has 0 saturated heterocycles. The van der Waals surface area contributed by atoms with Crippen LogP contribution < -0.4 is 11.1 Å². The summed E-state index contributed by atoms with van der Waals surface area (Å²) in [6.07, 6.45) is 1.17. The van der Waals surface area contributed by atoms with E-state index in [0.29, 0.717) is 5.92 Å². The van der Waals surface area contributed by atoms with Crippen LogP contribution in [-0.4, -0.2) is 19.6 Å². The smallest absolute Gasteiger partial charge is 0.00745 e. The Bertz CT molecular complexity index is 233. The highest BCUT2D eigenvalue weighted by atomic mass is 14.9. The van der Waals surface area contributed by atoms with Crippen LogP contribution in [0.25, 0.3) is 0 Å². The maximum atomic E-state index is 5.39. The number of nitrogens with two attached hydrogens (primary N) is 1. The highest BCUT2D eigenvalue weighted by Crippen LogP contribution is 2.17. The van der Waals surface area contributed by atoms with E-state index in [4.69, 9.17) is 5.73 Å². The molecular formula is C12H20N2. The maximum absolute atomic E-state index is 5.39. The van der Waals surface area contributed by atoms with Gasteiger partial charge in [-0.25, -0.2) is 0 Å². The Morgan fingerprint density at radius 1 is 1.21 bits per heavy atom. The average molecular weight is 192 g/mol. The Morgan fingerprint density at radius 3 is 2.57 bits per heavy atom. The van der Waals surface area contributed by atoms with E-state index in [2.05, 4.69) is 42.6 Å². The molecule has 0 aromatic heterocycles. The molecule has 0 aliphatic heterocycles. The van der Waals surface area contributed by atoms with Gasteiger partial charge < -0.3 is 11.1 Å². The van der Waals surface area contributed by atoms with Gasteiger partial charge in [0, 0.05) is 13.1 Å². The fourth-order valence-corrected chi connectivity index (χ4v) is 1.49. The third-order valence-corrected chi connectivity index (χ3v) is 2.44. The summed E-state index contributed by atoms with van der Waals surface area (Å²) in [5.41, 5.74) is 6.81. The molecule has 0 aliphatic rings. The minimum Gasteiger partial charge on any atom is -0.329 e. The first-order valence-corrected chi connectivity index (χ1v) is 5.30. The number of hydrogen-bond acceptors (Lipinski definition) is 2. The minimum absolute atomic E-state index is 0.626. The number of benzene rings is 1. The molecule has 0 radical (unpaired) electrons. The monoisotopic (exact) mass is 192 g/mol. The predicted molar refractivity (Wildman–Crippen MR) is 61.4 cm³/mol. The minimum atomic E-state index is 0.626. The van der Waals surface area contributed by atoms with Crippen LogP contribution in [0.4, 0.5) is 0 Å². The van der Waals surface area contributed by atoms with Gasteiger partial charge in [-0.2, -0.15) is 0 Å². The van der Waals surface area contributed by atoms with Gasteiger partial charge >= 0.3 is 0 Å². The quantitative estimate of drug-likeness (QED) is 0.674. The van der Waals surface area contributed by atoms with Gasteiger partial charge in [0.1, 0.15) is 0 Å². The van der Waals surface area contributed by atoms with Crippen molar-refractivity contribution < 1.29 is 0 Å². The fraction of sp³-hybridized carbons (Fsp3) is 0.500. The molecule has 78 valence electrons. The normalized spacial score (nSPS) is 12.7. The van der Waals surface area contributed by atoms with Crippen molar-refractivity contribution >= 4 is 0 Å². The Kier molecular flexibility index (Phi) is 5.27. The molecule has 3 N–H and O–H groups in total. The van der Waals surface area contributed by atoms with Crippen LogP contribution in [0.2, 0.25) is 0 Å². The SMILES string of the molecule is CC(CCNCCN)c1ccccc1. The molecule has 0 saturated carbocycles. The molecule has 0 fully saturated rings. The number of hydrogen-bond donors (Lipinski definition) is 2. The summed E-state index contributed by atoms with van der Waals surface area (Å²) in [7, 11) is 0. The van der Waals surface area contributed by atoms with Crippen LogP contribution in [0.15, 0.2) is 30.3 Å². The molecule has 0 spiro atoms. The zero-order valence-electron chi connectivity index (χ0n) is 8.87. The van der Waals surface area contributed by atoms with Crippen molar-refractivity contribution in [3.05, 3.63) is 35.9 Å². The maximum Gasteiger partial charge on any atom is 0.00745 e. The van der Waals surface area contributed by atoms with E-state index < -0.39 is 0 Å². The molecule has 2 nitrogen and oxygen atoms in total. The van der Waals surface area contributed by atoms with Crippen molar-refractivity contribution in [1.82, 2.24) is 5.32 Å². The predicted octanol–water partition coefficient (Wildman–Crippen LogP) is 1.73. The number of nitrogens with one attached hydrogen (secondary N) is 1. The standard InChI is InChI=1S/C12H20N2/c1-11(7-9-14-10-8-13)12-5-3-2-4-6-12/h2-6,11,14H,7-10,13H2,1H3. The lowest BCUT2D eigenvalue weighted by molar-refractivity contribution is 0.598. The summed E-state index contributed by atoms with van der Waals surface area (Å²) in [4.78, 5) is 0. The van der Waals surface area contributed by atoms with Crippen molar-refractivity contribution in [1.29, 1.82) is 0 Å². The van der Waals surface area contributed by atoms with Crippen molar-refractivity contribution in [3.63, 3.8) is 0 Å². The lowest BCUT2D eigenvalue weighted by Crippen LogP contribution is -2.24. The van der Waals surface area contributed by atoms with Gasteiger partial charge in [0.2, 0.25) is 0 Å². The van der Waals surface area contributed by atoms with Crippen molar-refractivity contribution in [3.8, 4) is 0 Å². The topological polar surface area (TPSA) is 38.0 Å². The molecule has 0 aliphatic carbocycles. The van der Waals surface area contributed by atoms with Crippen LogP contribution in [0.5, 0.6) is 0 Å². The first-order valence-electron chi connectivity index (χ1n) is 5.30. The molecule has 1 rings (SSSR count). The first-order chi connectivity index (χ1) is 6.84. The molecular weight excluding hydrogens is 172 g/mol. The van der Waals surface area contributed by atoms with Gasteiger partial charge in [0.05, 0.1) is 0 Å². The first kappa shape index (κ1) is 11.2. The lowest BCUT2D eigenvalue weighted by Gasteiger charge is -2.11. The summed E-state index contributed by atoms with van der Waals surface area (Å²) in [6, 6.07) is 10.6. The van der Waals surface area contributed by atoms with Crippen LogP contribution in [0.1, 0.15) is 24.8 Å². The van der Waals surface area contributed by atoms with Crippen LogP contribution in [0.3, 0.4) is 0 Å². The van der Waals surface area contributed by atoms with Crippen molar-refractivity contribution in [2.45, 2.75) is 19.3 Å². The summed E-state index contributed by atoms with van der Waals surface area (Å²) in [5, 5.41) is 3.31. The van der Waals surface area contributed by atoms with Crippen molar-refractivity contribution in [2.75, 3.05) is 19.6 Å². The lowest BCUT2D eigenvalue weighted by atomic mass is 9.98. The molecule has 14 heavy (non-hydrogen) atoms. The molecule has 1 aromatic rings. The van der Waals surface area contributed by atoms with Crippen molar-refractivity contribution in [2.24, 2.45) is 5.73 Å². The molecule has 1 unspecified atom stereocenters. The largest absolute Gasteiger partial charge is 0.329 e. The zero-order chi connectivity index (χ0) is 10.2.